The number of aromatic nitrogens is 1. The number of hydrogen-bond donors (Lipinski definition) is 2. The van der Waals surface area contributed by atoms with Gasteiger partial charge in [0.2, 0.25) is 0 Å². The Morgan fingerprint density at radius 2 is 1.77 bits per heavy atom. The Morgan fingerprint density at radius 1 is 0.962 bits per heavy atom. The van der Waals surface area contributed by atoms with Crippen LogP contribution in [0.25, 0.3) is 0 Å². The molecule has 0 bridgehead atoms. The molecule has 0 spiro atoms. The fourth-order valence-corrected chi connectivity index (χ4v) is 3.48. The summed E-state index contributed by atoms with van der Waals surface area (Å²) in [5.41, 5.74) is 0.533. The van der Waals surface area contributed by atoms with E-state index in [1.54, 1.807) is 42.6 Å². The van der Waals surface area contributed by atoms with Gasteiger partial charge in [-0.1, -0.05) is 29.8 Å². The van der Waals surface area contributed by atoms with Gasteiger partial charge in [-0.3, -0.25) is 9.52 Å². The van der Waals surface area contributed by atoms with Crippen molar-refractivity contribution in [3.63, 3.8) is 0 Å². The van der Waals surface area contributed by atoms with Gasteiger partial charge in [0.25, 0.3) is 15.9 Å². The lowest BCUT2D eigenvalue weighted by Gasteiger charge is -2.10. The maximum atomic E-state index is 12.5. The van der Waals surface area contributed by atoms with Crippen LogP contribution in [-0.4, -0.2) is 19.3 Å². The Bertz CT molecular complexity index is 1040. The Balaban J connectivity index is 1.83. The number of pyridine rings is 1. The van der Waals surface area contributed by atoms with E-state index >= 15 is 0 Å². The first-order valence-electron chi connectivity index (χ1n) is 7.55. The molecule has 0 unspecified atom stereocenters. The number of hydrogen-bond acceptors (Lipinski definition) is 4. The first-order valence-corrected chi connectivity index (χ1v) is 9.41. The van der Waals surface area contributed by atoms with Gasteiger partial charge < -0.3 is 5.32 Å². The highest BCUT2D eigenvalue weighted by atomic mass is 35.5. The lowest BCUT2D eigenvalue weighted by Crippen LogP contribution is -2.16. The molecule has 132 valence electrons. The van der Waals surface area contributed by atoms with Crippen LogP contribution in [0.15, 0.2) is 77.8 Å². The summed E-state index contributed by atoms with van der Waals surface area (Å²) in [6.07, 6.45) is 1.55. The minimum atomic E-state index is -3.86. The van der Waals surface area contributed by atoms with Crippen LogP contribution in [0.4, 0.5) is 11.5 Å². The van der Waals surface area contributed by atoms with Crippen LogP contribution in [0, 0.1) is 0 Å². The van der Waals surface area contributed by atoms with Crippen molar-refractivity contribution in [1.82, 2.24) is 4.98 Å². The van der Waals surface area contributed by atoms with Crippen LogP contribution in [0.3, 0.4) is 0 Å². The molecule has 1 heterocycles. The summed E-state index contributed by atoms with van der Waals surface area (Å²) < 4.78 is 27.5. The first-order chi connectivity index (χ1) is 12.4. The molecule has 0 radical (unpaired) electrons. The highest BCUT2D eigenvalue weighted by Crippen LogP contribution is 2.20. The summed E-state index contributed by atoms with van der Waals surface area (Å²) in [4.78, 5) is 16.3. The fraction of sp³-hybridized carbons (Fsp3) is 0. The van der Waals surface area contributed by atoms with E-state index in [1.807, 2.05) is 0 Å². The number of nitrogens with zero attached hydrogens (tertiary/aromatic N) is 1. The van der Waals surface area contributed by atoms with Crippen molar-refractivity contribution in [2.24, 2.45) is 0 Å². The molecule has 0 saturated carbocycles. The smallest absolute Gasteiger partial charge is 0.261 e. The van der Waals surface area contributed by atoms with Crippen molar-refractivity contribution in [1.29, 1.82) is 0 Å². The van der Waals surface area contributed by atoms with Crippen molar-refractivity contribution in [2.75, 3.05) is 10.0 Å². The Hall–Kier alpha value is -2.90. The van der Waals surface area contributed by atoms with Crippen molar-refractivity contribution >= 4 is 39.0 Å². The second-order valence-corrected chi connectivity index (χ2v) is 7.43. The van der Waals surface area contributed by atoms with Gasteiger partial charge >= 0.3 is 0 Å². The van der Waals surface area contributed by atoms with Crippen molar-refractivity contribution in [3.05, 3.63) is 83.5 Å². The summed E-state index contributed by atoms with van der Waals surface area (Å²) >= 11 is 5.87. The lowest BCUT2D eigenvalue weighted by atomic mass is 10.2. The molecular weight excluding hydrogens is 374 g/mol. The second kappa shape index (κ2) is 7.55. The number of nitrogens with one attached hydrogen (secondary N) is 2. The molecule has 1 aromatic heterocycles. The molecule has 0 aliphatic heterocycles. The van der Waals surface area contributed by atoms with Crippen LogP contribution < -0.4 is 10.0 Å². The van der Waals surface area contributed by atoms with Gasteiger partial charge in [-0.25, -0.2) is 13.4 Å². The average molecular weight is 388 g/mol. The zero-order valence-corrected chi connectivity index (χ0v) is 15.0. The average Bonchev–Trinajstić information content (AvgIpc) is 2.62. The van der Waals surface area contributed by atoms with Gasteiger partial charge in [-0.2, -0.15) is 0 Å². The molecule has 8 heteroatoms. The van der Waals surface area contributed by atoms with Crippen LogP contribution in [0.5, 0.6) is 0 Å². The molecule has 1 amide bonds. The quantitative estimate of drug-likeness (QED) is 0.697. The molecule has 0 atom stereocenters. The molecule has 3 rings (SSSR count). The van der Waals surface area contributed by atoms with E-state index in [0.717, 1.165) is 0 Å². The molecule has 26 heavy (non-hydrogen) atoms. The van der Waals surface area contributed by atoms with Gasteiger partial charge in [0.05, 0.1) is 10.6 Å². The van der Waals surface area contributed by atoms with Crippen molar-refractivity contribution in [2.45, 2.75) is 4.90 Å². The predicted molar refractivity (Wildman–Crippen MR) is 101 cm³/mol. The summed E-state index contributed by atoms with van der Waals surface area (Å²) in [7, 11) is -3.86. The van der Waals surface area contributed by atoms with E-state index in [0.29, 0.717) is 16.5 Å². The highest BCUT2D eigenvalue weighted by Gasteiger charge is 2.17. The SMILES string of the molecule is O=C(Nc1ccccn1)c1cccc(S(=O)(=O)Nc2cccc(Cl)c2)c1. The Labute approximate surface area is 155 Å². The fourth-order valence-electron chi connectivity index (χ4n) is 2.20. The second-order valence-electron chi connectivity index (χ2n) is 5.31. The van der Waals surface area contributed by atoms with E-state index in [9.17, 15) is 13.2 Å². The van der Waals surface area contributed by atoms with Crippen LogP contribution in [-0.2, 0) is 10.0 Å². The molecule has 2 aromatic carbocycles. The van der Waals surface area contributed by atoms with E-state index in [1.165, 1.54) is 30.3 Å². The number of rotatable bonds is 5. The van der Waals surface area contributed by atoms with Gasteiger partial charge in [-0.15, -0.1) is 0 Å². The number of benzene rings is 2. The third-order valence-electron chi connectivity index (χ3n) is 3.39. The van der Waals surface area contributed by atoms with Gasteiger partial charge in [-0.05, 0) is 48.5 Å². The molecule has 0 aliphatic carbocycles. The predicted octanol–water partition coefficient (Wildman–Crippen LogP) is 3.79. The molecule has 6 nitrogen and oxygen atoms in total. The molecule has 3 aromatic rings. The van der Waals surface area contributed by atoms with Gasteiger partial charge in [0, 0.05) is 16.8 Å². The summed E-state index contributed by atoms with van der Waals surface area (Å²) in [6, 6.07) is 17.2. The number of carbonyl (C=O) groups excluding carboxylic acids is 1. The Kier molecular flexibility index (Phi) is 5.20. The molecule has 0 fully saturated rings. The van der Waals surface area contributed by atoms with E-state index in [2.05, 4.69) is 15.0 Å². The first kappa shape index (κ1) is 17.9. The van der Waals surface area contributed by atoms with E-state index in [4.69, 9.17) is 11.6 Å². The normalized spacial score (nSPS) is 11.0. The van der Waals surface area contributed by atoms with Gasteiger partial charge in [0.1, 0.15) is 5.82 Å². The molecular formula is C18H14ClN3O3S. The van der Waals surface area contributed by atoms with Crippen LogP contribution in [0.1, 0.15) is 10.4 Å². The molecule has 0 aliphatic rings. The monoisotopic (exact) mass is 387 g/mol. The maximum absolute atomic E-state index is 12.5. The zero-order chi connectivity index (χ0) is 18.6. The third-order valence-corrected chi connectivity index (χ3v) is 5.00. The van der Waals surface area contributed by atoms with Gasteiger partial charge in [0.15, 0.2) is 0 Å². The zero-order valence-electron chi connectivity index (χ0n) is 13.4. The number of halogens is 1. The highest BCUT2D eigenvalue weighted by molar-refractivity contribution is 7.92. The Morgan fingerprint density at radius 3 is 2.50 bits per heavy atom. The van der Waals surface area contributed by atoms with Crippen LogP contribution >= 0.6 is 11.6 Å². The number of sulfonamides is 1. The molecule has 0 saturated heterocycles. The third kappa shape index (κ3) is 4.38. The number of carbonyl (C=O) groups is 1. The maximum Gasteiger partial charge on any atom is 0.261 e. The van der Waals surface area contributed by atoms with E-state index in [-0.39, 0.29) is 10.5 Å². The summed E-state index contributed by atoms with van der Waals surface area (Å²) in [5.74, 6) is -0.0775. The topological polar surface area (TPSA) is 88.2 Å². The minimum Gasteiger partial charge on any atom is -0.307 e. The van der Waals surface area contributed by atoms with E-state index < -0.39 is 15.9 Å². The number of amides is 1. The van der Waals surface area contributed by atoms with Crippen molar-refractivity contribution < 1.29 is 13.2 Å². The summed E-state index contributed by atoms with van der Waals surface area (Å²) in [6.45, 7) is 0. The summed E-state index contributed by atoms with van der Waals surface area (Å²) in [5, 5.41) is 3.02. The minimum absolute atomic E-state index is 0.0360. The lowest BCUT2D eigenvalue weighted by molar-refractivity contribution is 0.102. The largest absolute Gasteiger partial charge is 0.307 e. The standard InChI is InChI=1S/C18H14ClN3O3S/c19-14-6-4-7-15(12-14)22-26(24,25)16-8-3-5-13(11-16)18(23)21-17-9-1-2-10-20-17/h1-12,22H,(H,20,21,23). The van der Waals surface area contributed by atoms with Crippen LogP contribution in [0.2, 0.25) is 5.02 Å². The van der Waals surface area contributed by atoms with Crippen molar-refractivity contribution in [3.8, 4) is 0 Å². The number of anilines is 2. The molecule has 2 N–H and O–H groups in total.